The molecule has 0 aromatic carbocycles. The zero-order valence-corrected chi connectivity index (χ0v) is 13.4. The number of nitrogens with one attached hydrogen (secondary N) is 3. The second kappa shape index (κ2) is 11.0. The van der Waals surface area contributed by atoms with Crippen molar-refractivity contribution in [2.75, 3.05) is 19.7 Å². The normalized spacial score (nSPS) is 14.7. The Bertz CT molecular complexity index is 375. The van der Waals surface area contributed by atoms with Crippen molar-refractivity contribution in [2.24, 2.45) is 5.92 Å². The number of aliphatic hydroxyl groups excluding tert-OH is 1. The molecule has 3 atom stereocenters. The lowest BCUT2D eigenvalue weighted by Crippen LogP contribution is -2.52. The molecule has 0 spiro atoms. The van der Waals surface area contributed by atoms with E-state index in [-0.39, 0.29) is 18.4 Å². The highest BCUT2D eigenvalue weighted by molar-refractivity contribution is 5.89. The number of amides is 2. The number of aliphatic hydroxyl groups is 1. The summed E-state index contributed by atoms with van der Waals surface area (Å²) in [5, 5.41) is 25.3. The molecule has 0 rings (SSSR count). The molecule has 0 aliphatic heterocycles. The summed E-state index contributed by atoms with van der Waals surface area (Å²) in [5.41, 5.74) is 0. The third kappa shape index (κ3) is 7.37. The molecule has 5 N–H and O–H groups in total. The average Bonchev–Trinajstić information content (AvgIpc) is 2.50. The second-order valence-corrected chi connectivity index (χ2v) is 5.18. The van der Waals surface area contributed by atoms with Crippen LogP contribution in [0.25, 0.3) is 0 Å². The van der Waals surface area contributed by atoms with Crippen molar-refractivity contribution >= 4 is 17.8 Å². The molecule has 0 aliphatic carbocycles. The van der Waals surface area contributed by atoms with Crippen molar-refractivity contribution < 1.29 is 24.6 Å². The SMILES string of the molecule is CCCN[C@H](C(=O)NCC(=O)N[C@@H](CO)C(=O)O)[C@@H](C)CC. The number of carboxylic acids is 1. The van der Waals surface area contributed by atoms with Crippen LogP contribution in [0.3, 0.4) is 0 Å². The highest BCUT2D eigenvalue weighted by Crippen LogP contribution is 2.07. The molecule has 8 heteroatoms. The predicted octanol–water partition coefficient (Wildman–Crippen LogP) is -0.921. The molecule has 0 aliphatic rings. The van der Waals surface area contributed by atoms with Crippen molar-refractivity contribution in [3.05, 3.63) is 0 Å². The fraction of sp³-hybridized carbons (Fsp3) is 0.786. The minimum absolute atomic E-state index is 0.110. The maximum atomic E-state index is 12.1. The Morgan fingerprint density at radius 1 is 1.18 bits per heavy atom. The van der Waals surface area contributed by atoms with Gasteiger partial charge < -0.3 is 26.2 Å². The van der Waals surface area contributed by atoms with Gasteiger partial charge in [-0.05, 0) is 18.9 Å². The van der Waals surface area contributed by atoms with E-state index in [1.54, 1.807) is 0 Å². The molecule has 2 amide bonds. The lowest BCUT2D eigenvalue weighted by atomic mass is 9.98. The lowest BCUT2D eigenvalue weighted by Gasteiger charge is -2.23. The van der Waals surface area contributed by atoms with Gasteiger partial charge in [-0.15, -0.1) is 0 Å². The van der Waals surface area contributed by atoms with Gasteiger partial charge in [0.25, 0.3) is 0 Å². The first-order valence-electron chi connectivity index (χ1n) is 7.51. The zero-order valence-electron chi connectivity index (χ0n) is 13.4. The standard InChI is InChI=1S/C14H27N3O5/c1-4-6-15-12(9(3)5-2)13(20)16-7-11(19)17-10(8-18)14(21)22/h9-10,12,15,18H,4-8H2,1-3H3,(H,16,20)(H,17,19)(H,21,22)/t9-,10-,12-/m0/s1. The number of rotatable bonds is 11. The Hall–Kier alpha value is -1.67. The van der Waals surface area contributed by atoms with E-state index < -0.39 is 30.6 Å². The van der Waals surface area contributed by atoms with Gasteiger partial charge in [-0.2, -0.15) is 0 Å². The number of carbonyl (C=O) groups is 3. The van der Waals surface area contributed by atoms with E-state index in [9.17, 15) is 14.4 Å². The molecular weight excluding hydrogens is 290 g/mol. The number of aliphatic carboxylic acids is 1. The van der Waals surface area contributed by atoms with Crippen LogP contribution >= 0.6 is 0 Å². The highest BCUT2D eigenvalue weighted by Gasteiger charge is 2.24. The smallest absolute Gasteiger partial charge is 0.328 e. The van der Waals surface area contributed by atoms with Gasteiger partial charge in [-0.25, -0.2) is 4.79 Å². The number of hydrogen-bond acceptors (Lipinski definition) is 5. The molecule has 0 saturated carbocycles. The Labute approximate surface area is 130 Å². The fourth-order valence-electron chi connectivity index (χ4n) is 1.80. The minimum Gasteiger partial charge on any atom is -0.480 e. The number of carbonyl (C=O) groups excluding carboxylic acids is 2. The quantitative estimate of drug-likeness (QED) is 0.335. The molecule has 0 fully saturated rings. The zero-order chi connectivity index (χ0) is 17.1. The molecule has 0 unspecified atom stereocenters. The van der Waals surface area contributed by atoms with Gasteiger partial charge >= 0.3 is 5.97 Å². The number of hydrogen-bond donors (Lipinski definition) is 5. The molecule has 0 aromatic heterocycles. The van der Waals surface area contributed by atoms with Crippen molar-refractivity contribution in [3.8, 4) is 0 Å². The summed E-state index contributed by atoms with van der Waals surface area (Å²) in [4.78, 5) is 34.4. The topological polar surface area (TPSA) is 128 Å². The van der Waals surface area contributed by atoms with Crippen LogP contribution in [0.2, 0.25) is 0 Å². The maximum Gasteiger partial charge on any atom is 0.328 e. The molecule has 22 heavy (non-hydrogen) atoms. The summed E-state index contributed by atoms with van der Waals surface area (Å²) in [6.45, 7) is 5.57. The van der Waals surface area contributed by atoms with Crippen molar-refractivity contribution in [3.63, 3.8) is 0 Å². The minimum atomic E-state index is -1.37. The van der Waals surface area contributed by atoms with Crippen molar-refractivity contribution in [2.45, 2.75) is 45.7 Å². The third-order valence-corrected chi connectivity index (χ3v) is 3.35. The van der Waals surface area contributed by atoms with E-state index in [1.165, 1.54) is 0 Å². The molecule has 0 aromatic rings. The Morgan fingerprint density at radius 2 is 1.82 bits per heavy atom. The lowest BCUT2D eigenvalue weighted by molar-refractivity contribution is -0.142. The summed E-state index contributed by atoms with van der Waals surface area (Å²) < 4.78 is 0. The summed E-state index contributed by atoms with van der Waals surface area (Å²) in [5.74, 6) is -2.18. The summed E-state index contributed by atoms with van der Waals surface area (Å²) in [6, 6.07) is -1.76. The largest absolute Gasteiger partial charge is 0.480 e. The molecule has 0 saturated heterocycles. The summed E-state index contributed by atoms with van der Waals surface area (Å²) in [6.07, 6.45) is 1.70. The van der Waals surface area contributed by atoms with Gasteiger partial charge in [0.05, 0.1) is 19.2 Å². The van der Waals surface area contributed by atoms with Crippen LogP contribution in [-0.4, -0.2) is 59.8 Å². The van der Waals surface area contributed by atoms with E-state index in [2.05, 4.69) is 16.0 Å². The first-order chi connectivity index (χ1) is 10.4. The van der Waals surface area contributed by atoms with Crippen LogP contribution < -0.4 is 16.0 Å². The second-order valence-electron chi connectivity index (χ2n) is 5.18. The van der Waals surface area contributed by atoms with Gasteiger partial charge in [0.1, 0.15) is 6.04 Å². The molecule has 0 radical (unpaired) electrons. The van der Waals surface area contributed by atoms with Gasteiger partial charge in [0.2, 0.25) is 11.8 Å². The molecule has 0 heterocycles. The van der Waals surface area contributed by atoms with E-state index in [0.717, 1.165) is 12.8 Å². The van der Waals surface area contributed by atoms with Crippen molar-refractivity contribution in [1.29, 1.82) is 0 Å². The van der Waals surface area contributed by atoms with Crippen LogP contribution in [0.15, 0.2) is 0 Å². The predicted molar refractivity (Wildman–Crippen MR) is 81.2 cm³/mol. The third-order valence-electron chi connectivity index (χ3n) is 3.35. The van der Waals surface area contributed by atoms with E-state index in [1.807, 2.05) is 20.8 Å². The molecular formula is C14H27N3O5. The Balaban J connectivity index is 4.42. The summed E-state index contributed by atoms with van der Waals surface area (Å²) >= 11 is 0. The monoisotopic (exact) mass is 317 g/mol. The first kappa shape index (κ1) is 20.3. The van der Waals surface area contributed by atoms with Crippen LogP contribution in [0.5, 0.6) is 0 Å². The van der Waals surface area contributed by atoms with Crippen LogP contribution in [0.1, 0.15) is 33.6 Å². The van der Waals surface area contributed by atoms with E-state index in [0.29, 0.717) is 6.54 Å². The van der Waals surface area contributed by atoms with E-state index in [4.69, 9.17) is 10.2 Å². The fourth-order valence-corrected chi connectivity index (χ4v) is 1.80. The van der Waals surface area contributed by atoms with E-state index >= 15 is 0 Å². The average molecular weight is 317 g/mol. The Morgan fingerprint density at radius 3 is 2.27 bits per heavy atom. The van der Waals surface area contributed by atoms with Gasteiger partial charge in [0, 0.05) is 0 Å². The van der Waals surface area contributed by atoms with Crippen molar-refractivity contribution in [1.82, 2.24) is 16.0 Å². The maximum absolute atomic E-state index is 12.1. The van der Waals surface area contributed by atoms with Gasteiger partial charge in [-0.3, -0.25) is 9.59 Å². The first-order valence-corrected chi connectivity index (χ1v) is 7.51. The van der Waals surface area contributed by atoms with Gasteiger partial charge in [-0.1, -0.05) is 27.2 Å². The summed E-state index contributed by atoms with van der Waals surface area (Å²) in [7, 11) is 0. The van der Waals surface area contributed by atoms with Crippen LogP contribution in [0, 0.1) is 5.92 Å². The van der Waals surface area contributed by atoms with Gasteiger partial charge in [0.15, 0.2) is 0 Å². The molecule has 128 valence electrons. The number of carboxylic acid groups (broad SMARTS) is 1. The Kier molecular flexibility index (Phi) is 10.1. The van der Waals surface area contributed by atoms with Crippen LogP contribution in [0.4, 0.5) is 0 Å². The van der Waals surface area contributed by atoms with Crippen LogP contribution in [-0.2, 0) is 14.4 Å². The highest BCUT2D eigenvalue weighted by atomic mass is 16.4. The molecule has 0 bridgehead atoms. The molecule has 8 nitrogen and oxygen atoms in total.